The fourth-order valence-electron chi connectivity index (χ4n) is 2.84. The van der Waals surface area contributed by atoms with Gasteiger partial charge in [-0.1, -0.05) is 0 Å². The van der Waals surface area contributed by atoms with Crippen molar-refractivity contribution < 1.29 is 0 Å². The Hall–Kier alpha value is -0.160. The van der Waals surface area contributed by atoms with Crippen LogP contribution in [0.2, 0.25) is 0 Å². The largest absolute Gasteiger partial charge is 0.330 e. The summed E-state index contributed by atoms with van der Waals surface area (Å²) in [6.07, 6.45) is 1.32. The van der Waals surface area contributed by atoms with Crippen LogP contribution in [0.5, 0.6) is 0 Å². The fourth-order valence-corrected chi connectivity index (χ4v) is 2.84. The van der Waals surface area contributed by atoms with Crippen LogP contribution in [0.15, 0.2) is 0 Å². The molecular formula is C12H26N4. The zero-order chi connectivity index (χ0) is 11.4. The Bertz CT molecular complexity index is 201. The molecule has 0 aromatic rings. The third-order valence-electron chi connectivity index (χ3n) is 3.98. The molecule has 0 saturated carbocycles. The van der Waals surface area contributed by atoms with Crippen LogP contribution >= 0.6 is 0 Å². The maximum atomic E-state index is 5.76. The Balaban J connectivity index is 1.72. The predicted molar refractivity (Wildman–Crippen MR) is 67.5 cm³/mol. The smallest absolute Gasteiger partial charge is 0.0110 e. The lowest BCUT2D eigenvalue weighted by Gasteiger charge is -2.37. The average Bonchev–Trinajstić information content (AvgIpc) is 2.32. The van der Waals surface area contributed by atoms with Crippen molar-refractivity contribution in [2.24, 2.45) is 17.6 Å². The van der Waals surface area contributed by atoms with Gasteiger partial charge < -0.3 is 20.9 Å². The molecule has 0 amide bonds. The molecule has 94 valence electrons. The van der Waals surface area contributed by atoms with E-state index in [9.17, 15) is 0 Å². The van der Waals surface area contributed by atoms with Gasteiger partial charge in [0, 0.05) is 32.7 Å². The molecule has 2 atom stereocenters. The van der Waals surface area contributed by atoms with Crippen LogP contribution in [0.3, 0.4) is 0 Å². The second kappa shape index (κ2) is 5.96. The van der Waals surface area contributed by atoms with Crippen LogP contribution in [0.1, 0.15) is 6.42 Å². The summed E-state index contributed by atoms with van der Waals surface area (Å²) in [4.78, 5) is 5.03. The van der Waals surface area contributed by atoms with E-state index in [1.54, 1.807) is 0 Å². The first-order chi connectivity index (χ1) is 7.78. The standard InChI is InChI=1S/C12H26N4/c1-15-2-4-16(5-3-15)10-12-6-11(7-13)8-14-9-12/h11-12,14H,2-10,13H2,1H3. The molecule has 4 nitrogen and oxygen atoms in total. The molecular weight excluding hydrogens is 200 g/mol. The van der Waals surface area contributed by atoms with Gasteiger partial charge in [0.15, 0.2) is 0 Å². The van der Waals surface area contributed by atoms with Crippen LogP contribution in [-0.2, 0) is 0 Å². The average molecular weight is 226 g/mol. The number of nitrogens with zero attached hydrogens (tertiary/aromatic N) is 2. The first-order valence-electron chi connectivity index (χ1n) is 6.59. The first-order valence-corrected chi connectivity index (χ1v) is 6.59. The van der Waals surface area contributed by atoms with Crippen LogP contribution < -0.4 is 11.1 Å². The zero-order valence-corrected chi connectivity index (χ0v) is 10.5. The Morgan fingerprint density at radius 3 is 2.50 bits per heavy atom. The lowest BCUT2D eigenvalue weighted by Crippen LogP contribution is -2.49. The number of nitrogens with one attached hydrogen (secondary N) is 1. The number of piperazine rings is 1. The number of likely N-dealkylation sites (N-methyl/N-ethyl adjacent to an activating group) is 1. The van der Waals surface area contributed by atoms with Crippen molar-refractivity contribution in [3.63, 3.8) is 0 Å². The Labute approximate surface area is 99.2 Å². The van der Waals surface area contributed by atoms with E-state index >= 15 is 0 Å². The molecule has 0 aromatic carbocycles. The van der Waals surface area contributed by atoms with Gasteiger partial charge in [-0.2, -0.15) is 0 Å². The summed E-state index contributed by atoms with van der Waals surface area (Å²) in [6.45, 7) is 9.32. The topological polar surface area (TPSA) is 44.5 Å². The predicted octanol–water partition coefficient (Wildman–Crippen LogP) is -0.582. The van der Waals surface area contributed by atoms with Crippen LogP contribution in [0, 0.1) is 11.8 Å². The van der Waals surface area contributed by atoms with Crippen molar-refractivity contribution in [2.45, 2.75) is 6.42 Å². The molecule has 0 aliphatic carbocycles. The molecule has 16 heavy (non-hydrogen) atoms. The van der Waals surface area contributed by atoms with E-state index in [-0.39, 0.29) is 0 Å². The van der Waals surface area contributed by atoms with Crippen LogP contribution in [-0.4, -0.2) is 69.2 Å². The highest BCUT2D eigenvalue weighted by atomic mass is 15.2. The molecule has 4 heteroatoms. The maximum absolute atomic E-state index is 5.76. The molecule has 2 fully saturated rings. The number of rotatable bonds is 3. The van der Waals surface area contributed by atoms with Gasteiger partial charge >= 0.3 is 0 Å². The second-order valence-corrected chi connectivity index (χ2v) is 5.47. The number of hydrogen-bond acceptors (Lipinski definition) is 4. The summed E-state index contributed by atoms with van der Waals surface area (Å²) in [5, 5.41) is 3.52. The van der Waals surface area contributed by atoms with Gasteiger partial charge in [-0.3, -0.25) is 0 Å². The van der Waals surface area contributed by atoms with Gasteiger partial charge in [0.25, 0.3) is 0 Å². The third-order valence-corrected chi connectivity index (χ3v) is 3.98. The van der Waals surface area contributed by atoms with E-state index in [2.05, 4.69) is 22.2 Å². The number of nitrogens with two attached hydrogens (primary N) is 1. The molecule has 0 bridgehead atoms. The monoisotopic (exact) mass is 226 g/mol. The van der Waals surface area contributed by atoms with Gasteiger partial charge in [0.1, 0.15) is 0 Å². The highest BCUT2D eigenvalue weighted by molar-refractivity contribution is 4.80. The zero-order valence-electron chi connectivity index (χ0n) is 10.5. The van der Waals surface area contributed by atoms with Crippen molar-refractivity contribution >= 4 is 0 Å². The first kappa shape index (κ1) is 12.3. The van der Waals surface area contributed by atoms with Crippen LogP contribution in [0.4, 0.5) is 0 Å². The minimum absolute atomic E-state index is 0.700. The normalized spacial score (nSPS) is 34.1. The van der Waals surface area contributed by atoms with Gasteiger partial charge in [-0.25, -0.2) is 0 Å². The van der Waals surface area contributed by atoms with Crippen molar-refractivity contribution in [2.75, 3.05) is 59.4 Å². The summed E-state index contributed by atoms with van der Waals surface area (Å²) in [5.74, 6) is 1.51. The van der Waals surface area contributed by atoms with E-state index < -0.39 is 0 Å². The quantitative estimate of drug-likeness (QED) is 0.676. The van der Waals surface area contributed by atoms with E-state index in [0.717, 1.165) is 19.0 Å². The Morgan fingerprint density at radius 1 is 1.12 bits per heavy atom. The highest BCUT2D eigenvalue weighted by Gasteiger charge is 2.23. The van der Waals surface area contributed by atoms with E-state index in [4.69, 9.17) is 5.73 Å². The minimum atomic E-state index is 0.700. The van der Waals surface area contributed by atoms with Crippen molar-refractivity contribution in [1.82, 2.24) is 15.1 Å². The van der Waals surface area contributed by atoms with Gasteiger partial charge in [-0.15, -0.1) is 0 Å². The van der Waals surface area contributed by atoms with E-state index in [1.807, 2.05) is 0 Å². The molecule has 0 aromatic heterocycles. The van der Waals surface area contributed by atoms with E-state index in [1.165, 1.54) is 45.7 Å². The molecule has 2 unspecified atom stereocenters. The molecule has 2 aliphatic heterocycles. The molecule has 0 radical (unpaired) electrons. The molecule has 2 heterocycles. The SMILES string of the molecule is CN1CCN(CC2CNCC(CN)C2)CC1. The summed E-state index contributed by atoms with van der Waals surface area (Å²) in [6, 6.07) is 0. The fraction of sp³-hybridized carbons (Fsp3) is 1.00. The third kappa shape index (κ3) is 3.42. The minimum Gasteiger partial charge on any atom is -0.330 e. The van der Waals surface area contributed by atoms with Gasteiger partial charge in [0.2, 0.25) is 0 Å². The molecule has 2 saturated heterocycles. The Morgan fingerprint density at radius 2 is 1.81 bits per heavy atom. The summed E-state index contributed by atoms with van der Waals surface area (Å²) < 4.78 is 0. The molecule has 0 spiro atoms. The Kier molecular flexibility index (Phi) is 4.58. The molecule has 3 N–H and O–H groups in total. The summed E-state index contributed by atoms with van der Waals surface area (Å²) in [7, 11) is 2.21. The lowest BCUT2D eigenvalue weighted by atomic mass is 9.90. The summed E-state index contributed by atoms with van der Waals surface area (Å²) in [5.41, 5.74) is 5.76. The van der Waals surface area contributed by atoms with Gasteiger partial charge in [0.05, 0.1) is 0 Å². The molecule has 2 rings (SSSR count). The lowest BCUT2D eigenvalue weighted by molar-refractivity contribution is 0.121. The van der Waals surface area contributed by atoms with Crippen molar-refractivity contribution in [3.8, 4) is 0 Å². The number of piperidine rings is 1. The second-order valence-electron chi connectivity index (χ2n) is 5.47. The summed E-state index contributed by atoms with van der Waals surface area (Å²) >= 11 is 0. The van der Waals surface area contributed by atoms with Crippen LogP contribution in [0.25, 0.3) is 0 Å². The number of hydrogen-bond donors (Lipinski definition) is 2. The highest BCUT2D eigenvalue weighted by Crippen LogP contribution is 2.17. The molecule has 2 aliphatic rings. The maximum Gasteiger partial charge on any atom is 0.0110 e. The van der Waals surface area contributed by atoms with E-state index in [0.29, 0.717) is 5.92 Å². The van der Waals surface area contributed by atoms with Crippen molar-refractivity contribution in [1.29, 1.82) is 0 Å². The van der Waals surface area contributed by atoms with Gasteiger partial charge in [-0.05, 0) is 44.9 Å². The van der Waals surface area contributed by atoms with Crippen molar-refractivity contribution in [3.05, 3.63) is 0 Å².